The van der Waals surface area contributed by atoms with Gasteiger partial charge in [-0.1, -0.05) is 0 Å². The van der Waals surface area contributed by atoms with Crippen molar-refractivity contribution in [1.29, 1.82) is 0 Å². The van der Waals surface area contributed by atoms with Gasteiger partial charge in [0.05, 0.1) is 12.6 Å². The van der Waals surface area contributed by atoms with Gasteiger partial charge in [0.25, 0.3) is 0 Å². The molecule has 0 aliphatic heterocycles. The molecule has 0 aromatic rings. The number of nitrogens with one attached hydrogen (secondary N) is 1. The molecule has 7 heteroatoms. The molecule has 0 spiro atoms. The molecular formula is C10H17N3O4. The fourth-order valence-electron chi connectivity index (χ4n) is 1.56. The summed E-state index contributed by atoms with van der Waals surface area (Å²) in [5, 5.41) is 10.7. The molecule has 0 aromatic carbocycles. The van der Waals surface area contributed by atoms with Crippen LogP contribution in [-0.2, 0) is 9.59 Å². The second kappa shape index (κ2) is 5.62. The Kier molecular flexibility index (Phi) is 4.45. The molecule has 4 N–H and O–H groups in total. The van der Waals surface area contributed by atoms with Crippen molar-refractivity contribution in [3.63, 3.8) is 0 Å². The maximum Gasteiger partial charge on any atom is 0.318 e. The summed E-state index contributed by atoms with van der Waals surface area (Å²) in [6.45, 7) is 1.90. The summed E-state index contributed by atoms with van der Waals surface area (Å²) < 4.78 is 0. The number of urea groups is 1. The molecule has 1 rings (SSSR count). The van der Waals surface area contributed by atoms with Crippen LogP contribution in [0.25, 0.3) is 0 Å². The SMILES string of the molecule is CC(C(=O)NC(N)=O)N(CC(=O)O)CC1CC1. The maximum absolute atomic E-state index is 11.5. The van der Waals surface area contributed by atoms with Gasteiger partial charge >= 0.3 is 12.0 Å². The second-order valence-corrected chi connectivity index (χ2v) is 4.30. The molecule has 0 bridgehead atoms. The highest BCUT2D eigenvalue weighted by atomic mass is 16.4. The Balaban J connectivity index is 2.56. The molecule has 0 heterocycles. The molecule has 0 radical (unpaired) electrons. The van der Waals surface area contributed by atoms with Crippen LogP contribution < -0.4 is 11.1 Å². The number of rotatable bonds is 6. The number of amides is 3. The summed E-state index contributed by atoms with van der Waals surface area (Å²) in [6, 6.07) is -1.61. The predicted molar refractivity (Wildman–Crippen MR) is 59.1 cm³/mol. The van der Waals surface area contributed by atoms with Gasteiger partial charge in [-0.3, -0.25) is 19.8 Å². The quantitative estimate of drug-likeness (QED) is 0.574. The Morgan fingerprint density at radius 2 is 2.06 bits per heavy atom. The molecule has 96 valence electrons. The van der Waals surface area contributed by atoms with E-state index in [1.807, 2.05) is 5.32 Å². The molecule has 1 fully saturated rings. The van der Waals surface area contributed by atoms with E-state index < -0.39 is 23.9 Å². The summed E-state index contributed by atoms with van der Waals surface area (Å²) in [5.41, 5.74) is 4.84. The van der Waals surface area contributed by atoms with E-state index in [1.54, 1.807) is 6.92 Å². The minimum absolute atomic E-state index is 0.218. The van der Waals surface area contributed by atoms with Crippen molar-refractivity contribution in [3.8, 4) is 0 Å². The first kappa shape index (κ1) is 13.4. The van der Waals surface area contributed by atoms with Crippen LogP contribution in [0.1, 0.15) is 19.8 Å². The van der Waals surface area contributed by atoms with Gasteiger partial charge in [-0.15, -0.1) is 0 Å². The molecule has 3 amide bonds. The fourth-order valence-corrected chi connectivity index (χ4v) is 1.56. The zero-order valence-electron chi connectivity index (χ0n) is 9.68. The number of nitrogens with two attached hydrogens (primary N) is 1. The molecule has 0 saturated heterocycles. The summed E-state index contributed by atoms with van der Waals surface area (Å²) in [4.78, 5) is 34.3. The summed E-state index contributed by atoms with van der Waals surface area (Å²) >= 11 is 0. The van der Waals surface area contributed by atoms with E-state index in [4.69, 9.17) is 10.8 Å². The van der Waals surface area contributed by atoms with Crippen molar-refractivity contribution in [1.82, 2.24) is 10.2 Å². The Morgan fingerprint density at radius 3 is 2.47 bits per heavy atom. The third kappa shape index (κ3) is 4.81. The van der Waals surface area contributed by atoms with Crippen molar-refractivity contribution in [3.05, 3.63) is 0 Å². The van der Waals surface area contributed by atoms with Crippen molar-refractivity contribution >= 4 is 17.9 Å². The zero-order valence-corrected chi connectivity index (χ0v) is 9.68. The van der Waals surface area contributed by atoms with Crippen LogP contribution >= 0.6 is 0 Å². The smallest absolute Gasteiger partial charge is 0.318 e. The molecule has 0 aromatic heterocycles. The van der Waals surface area contributed by atoms with Gasteiger partial charge in [-0.25, -0.2) is 4.79 Å². The molecule has 1 saturated carbocycles. The molecule has 1 atom stereocenters. The van der Waals surface area contributed by atoms with Crippen molar-refractivity contribution in [2.24, 2.45) is 11.7 Å². The van der Waals surface area contributed by atoms with Crippen LogP contribution in [0.15, 0.2) is 0 Å². The Bertz CT molecular complexity index is 328. The average Bonchev–Trinajstić information content (AvgIpc) is 2.97. The Hall–Kier alpha value is -1.63. The highest BCUT2D eigenvalue weighted by Crippen LogP contribution is 2.30. The molecule has 1 unspecified atom stereocenters. The van der Waals surface area contributed by atoms with Gasteiger partial charge in [0.1, 0.15) is 0 Å². The third-order valence-electron chi connectivity index (χ3n) is 2.70. The highest BCUT2D eigenvalue weighted by Gasteiger charge is 2.30. The Morgan fingerprint density at radius 1 is 1.47 bits per heavy atom. The van der Waals surface area contributed by atoms with Crippen LogP contribution in [0.4, 0.5) is 4.79 Å². The number of carbonyl (C=O) groups excluding carboxylic acids is 2. The van der Waals surface area contributed by atoms with Gasteiger partial charge in [0.15, 0.2) is 0 Å². The number of carboxylic acid groups (broad SMARTS) is 1. The normalized spacial score (nSPS) is 16.6. The van der Waals surface area contributed by atoms with E-state index >= 15 is 0 Å². The van der Waals surface area contributed by atoms with E-state index in [-0.39, 0.29) is 6.54 Å². The van der Waals surface area contributed by atoms with E-state index in [0.717, 1.165) is 12.8 Å². The lowest BCUT2D eigenvalue weighted by Crippen LogP contribution is -2.50. The second-order valence-electron chi connectivity index (χ2n) is 4.30. The first-order valence-corrected chi connectivity index (χ1v) is 5.46. The fraction of sp³-hybridized carbons (Fsp3) is 0.700. The lowest BCUT2D eigenvalue weighted by molar-refractivity contribution is -0.139. The largest absolute Gasteiger partial charge is 0.480 e. The molecule has 1 aliphatic rings. The molecule has 1 aliphatic carbocycles. The van der Waals surface area contributed by atoms with Gasteiger partial charge in [-0.2, -0.15) is 0 Å². The highest BCUT2D eigenvalue weighted by molar-refractivity contribution is 5.96. The van der Waals surface area contributed by atoms with Gasteiger partial charge in [0, 0.05) is 6.54 Å². The van der Waals surface area contributed by atoms with E-state index in [1.165, 1.54) is 4.90 Å². The van der Waals surface area contributed by atoms with Gasteiger partial charge < -0.3 is 10.8 Å². The van der Waals surface area contributed by atoms with Crippen LogP contribution in [0, 0.1) is 5.92 Å². The van der Waals surface area contributed by atoms with Crippen LogP contribution in [0.2, 0.25) is 0 Å². The molecule has 17 heavy (non-hydrogen) atoms. The number of carboxylic acids is 1. The lowest BCUT2D eigenvalue weighted by Gasteiger charge is -2.25. The predicted octanol–water partition coefficient (Wildman–Crippen LogP) is -0.634. The standard InChI is InChI=1S/C10H17N3O4/c1-6(9(16)12-10(11)17)13(5-8(14)15)4-7-2-3-7/h6-7H,2-5H2,1H3,(H,14,15)(H3,11,12,16,17). The van der Waals surface area contributed by atoms with E-state index in [9.17, 15) is 14.4 Å². The summed E-state index contributed by atoms with van der Waals surface area (Å²) in [5.74, 6) is -1.11. The third-order valence-corrected chi connectivity index (χ3v) is 2.70. The van der Waals surface area contributed by atoms with Crippen LogP contribution in [0.3, 0.4) is 0 Å². The van der Waals surface area contributed by atoms with Gasteiger partial charge in [-0.05, 0) is 25.7 Å². The monoisotopic (exact) mass is 243 g/mol. The minimum Gasteiger partial charge on any atom is -0.480 e. The van der Waals surface area contributed by atoms with Crippen molar-refractivity contribution in [2.75, 3.05) is 13.1 Å². The molecule has 7 nitrogen and oxygen atoms in total. The van der Waals surface area contributed by atoms with Crippen molar-refractivity contribution in [2.45, 2.75) is 25.8 Å². The first-order valence-electron chi connectivity index (χ1n) is 5.46. The van der Waals surface area contributed by atoms with Crippen LogP contribution in [-0.4, -0.2) is 47.0 Å². The lowest BCUT2D eigenvalue weighted by atomic mass is 10.2. The number of primary amides is 1. The minimum atomic E-state index is -0.996. The summed E-state index contributed by atoms with van der Waals surface area (Å²) in [7, 11) is 0. The van der Waals surface area contributed by atoms with E-state index in [2.05, 4.69) is 0 Å². The zero-order chi connectivity index (χ0) is 13.0. The number of aliphatic carboxylic acids is 1. The van der Waals surface area contributed by atoms with Crippen LogP contribution in [0.5, 0.6) is 0 Å². The van der Waals surface area contributed by atoms with Crippen molar-refractivity contribution < 1.29 is 19.5 Å². The van der Waals surface area contributed by atoms with E-state index in [0.29, 0.717) is 12.5 Å². The topological polar surface area (TPSA) is 113 Å². The maximum atomic E-state index is 11.5. The van der Waals surface area contributed by atoms with Gasteiger partial charge in [0.2, 0.25) is 5.91 Å². The Labute approximate surface area is 98.9 Å². The number of hydrogen-bond donors (Lipinski definition) is 3. The number of carbonyl (C=O) groups is 3. The number of nitrogens with zero attached hydrogens (tertiary/aromatic N) is 1. The number of imide groups is 1. The number of hydrogen-bond acceptors (Lipinski definition) is 4. The average molecular weight is 243 g/mol. The molecular weight excluding hydrogens is 226 g/mol. The summed E-state index contributed by atoms with van der Waals surface area (Å²) in [6.07, 6.45) is 2.11. The first-order chi connectivity index (χ1) is 7.90.